The van der Waals surface area contributed by atoms with Gasteiger partial charge in [-0.15, -0.1) is 0 Å². The van der Waals surface area contributed by atoms with Crippen molar-refractivity contribution < 1.29 is 4.74 Å². The van der Waals surface area contributed by atoms with Crippen molar-refractivity contribution in [3.05, 3.63) is 58.1 Å². The number of nitrogens with zero attached hydrogens (tertiary/aromatic N) is 4. The van der Waals surface area contributed by atoms with Crippen LogP contribution in [0, 0.1) is 25.2 Å². The highest BCUT2D eigenvalue weighted by atomic mass is 35.5. The van der Waals surface area contributed by atoms with Gasteiger partial charge in [-0.1, -0.05) is 42.3 Å². The lowest BCUT2D eigenvalue weighted by atomic mass is 10.1. The van der Waals surface area contributed by atoms with Gasteiger partial charge in [-0.25, -0.2) is 4.99 Å². The highest BCUT2D eigenvalue weighted by Gasteiger charge is 2.19. The van der Waals surface area contributed by atoms with Crippen LogP contribution in [0.15, 0.2) is 41.4 Å². The predicted octanol–water partition coefficient (Wildman–Crippen LogP) is 6.75. The van der Waals surface area contributed by atoms with Gasteiger partial charge < -0.3 is 9.64 Å². The lowest BCUT2D eigenvalue weighted by Crippen LogP contribution is -2.16. The molecular weight excluding hydrogens is 416 g/mol. The summed E-state index contributed by atoms with van der Waals surface area (Å²) in [6, 6.07) is 13.7. The molecule has 2 aromatic carbocycles. The normalized spacial score (nSPS) is 10.9. The summed E-state index contributed by atoms with van der Waals surface area (Å²) in [5, 5.41) is 10.6. The number of benzene rings is 2. The fourth-order valence-electron chi connectivity index (χ4n) is 2.97. The third kappa shape index (κ3) is 4.99. The van der Waals surface area contributed by atoms with Gasteiger partial charge in [0.15, 0.2) is 0 Å². The van der Waals surface area contributed by atoms with Crippen LogP contribution in [-0.2, 0) is 0 Å². The number of ether oxygens (including phenoxy) is 1. The average molecular weight is 439 g/mol. The number of aromatic nitrogens is 1. The Kier molecular flexibility index (Phi) is 7.09. The molecule has 154 valence electrons. The van der Waals surface area contributed by atoms with Crippen molar-refractivity contribution in [1.29, 1.82) is 5.26 Å². The smallest absolute Gasteiger partial charge is 0.218 e. The van der Waals surface area contributed by atoms with Crippen LogP contribution < -0.4 is 4.74 Å². The first-order valence-corrected chi connectivity index (χ1v) is 10.8. The zero-order chi connectivity index (χ0) is 21.7. The van der Waals surface area contributed by atoms with Crippen molar-refractivity contribution in [2.24, 2.45) is 4.99 Å². The molecule has 0 saturated heterocycles. The van der Waals surface area contributed by atoms with Gasteiger partial charge in [0.2, 0.25) is 5.06 Å². The van der Waals surface area contributed by atoms with Crippen LogP contribution in [0.4, 0.5) is 5.69 Å². The Morgan fingerprint density at radius 2 is 2.10 bits per heavy atom. The van der Waals surface area contributed by atoms with Gasteiger partial charge >= 0.3 is 0 Å². The summed E-state index contributed by atoms with van der Waals surface area (Å²) in [5.41, 5.74) is 4.72. The molecule has 7 heteroatoms. The van der Waals surface area contributed by atoms with Gasteiger partial charge in [-0.05, 0) is 44.0 Å². The number of aliphatic imine (C=N–C) groups is 1. The SMILES string of the molecule is CCCN(C)C=Nc1cc(Cl)c(Oc2snc(-c3cccc(C)c3)c2C#N)cc1C. The first-order valence-electron chi connectivity index (χ1n) is 9.62. The second-order valence-corrected chi connectivity index (χ2v) is 8.21. The fraction of sp³-hybridized carbons (Fsp3) is 0.261. The number of halogens is 1. The molecule has 0 fully saturated rings. The molecular formula is C23H23ClN4OS. The molecule has 30 heavy (non-hydrogen) atoms. The van der Waals surface area contributed by atoms with Gasteiger partial charge in [-0.3, -0.25) is 0 Å². The van der Waals surface area contributed by atoms with Gasteiger partial charge in [-0.2, -0.15) is 9.64 Å². The van der Waals surface area contributed by atoms with Crippen LogP contribution in [0.2, 0.25) is 5.02 Å². The van der Waals surface area contributed by atoms with Crippen LogP contribution in [-0.4, -0.2) is 29.2 Å². The van der Waals surface area contributed by atoms with Crippen molar-refractivity contribution in [3.8, 4) is 28.1 Å². The largest absolute Gasteiger partial charge is 0.442 e. The van der Waals surface area contributed by atoms with Crippen LogP contribution in [0.25, 0.3) is 11.3 Å². The van der Waals surface area contributed by atoms with Crippen LogP contribution in [0.1, 0.15) is 30.0 Å². The summed E-state index contributed by atoms with van der Waals surface area (Å²) in [6.07, 6.45) is 2.85. The van der Waals surface area contributed by atoms with Gasteiger partial charge in [0.05, 0.1) is 17.0 Å². The van der Waals surface area contributed by atoms with Gasteiger partial charge in [0.25, 0.3) is 0 Å². The zero-order valence-electron chi connectivity index (χ0n) is 17.4. The highest BCUT2D eigenvalue weighted by molar-refractivity contribution is 7.08. The molecule has 0 aliphatic heterocycles. The molecule has 0 saturated carbocycles. The van der Waals surface area contributed by atoms with E-state index < -0.39 is 0 Å². The average Bonchev–Trinajstić information content (AvgIpc) is 3.12. The third-order valence-corrected chi connectivity index (χ3v) is 5.51. The Hall–Kier alpha value is -2.88. The molecule has 0 bridgehead atoms. The molecule has 0 N–H and O–H groups in total. The van der Waals surface area contributed by atoms with Crippen molar-refractivity contribution >= 4 is 35.2 Å². The predicted molar refractivity (Wildman–Crippen MR) is 124 cm³/mol. The Labute approximate surface area is 186 Å². The highest BCUT2D eigenvalue weighted by Crippen LogP contribution is 2.40. The van der Waals surface area contributed by atoms with Crippen LogP contribution in [0.5, 0.6) is 10.8 Å². The summed E-state index contributed by atoms with van der Waals surface area (Å²) in [4.78, 5) is 6.55. The maximum atomic E-state index is 9.71. The molecule has 0 atom stereocenters. The van der Waals surface area contributed by atoms with E-state index in [1.165, 1.54) is 0 Å². The number of hydrogen-bond acceptors (Lipinski definition) is 5. The molecule has 0 amide bonds. The Bertz CT molecular complexity index is 1120. The summed E-state index contributed by atoms with van der Waals surface area (Å²) in [6.45, 7) is 7.01. The van der Waals surface area contributed by atoms with E-state index in [2.05, 4.69) is 22.4 Å². The van der Waals surface area contributed by atoms with E-state index in [1.807, 2.05) is 56.1 Å². The third-order valence-electron chi connectivity index (χ3n) is 4.49. The lowest BCUT2D eigenvalue weighted by molar-refractivity contribution is 0.495. The second-order valence-electron chi connectivity index (χ2n) is 7.07. The Balaban J connectivity index is 1.88. The van der Waals surface area contributed by atoms with E-state index in [9.17, 15) is 5.26 Å². The fourth-order valence-corrected chi connectivity index (χ4v) is 3.89. The summed E-state index contributed by atoms with van der Waals surface area (Å²) >= 11 is 7.60. The molecule has 5 nitrogen and oxygen atoms in total. The number of aryl methyl sites for hydroxylation is 2. The molecule has 1 aromatic heterocycles. The minimum atomic E-state index is 0.405. The van der Waals surface area contributed by atoms with Crippen molar-refractivity contribution in [2.45, 2.75) is 27.2 Å². The van der Waals surface area contributed by atoms with Crippen molar-refractivity contribution in [2.75, 3.05) is 13.6 Å². The Morgan fingerprint density at radius 3 is 2.80 bits per heavy atom. The van der Waals surface area contributed by atoms with Gasteiger partial charge in [0, 0.05) is 30.7 Å². The second kappa shape index (κ2) is 9.75. The summed E-state index contributed by atoms with van der Waals surface area (Å²) in [7, 11) is 1.99. The van der Waals surface area contributed by atoms with E-state index in [4.69, 9.17) is 16.3 Å². The topological polar surface area (TPSA) is 61.5 Å². The zero-order valence-corrected chi connectivity index (χ0v) is 19.0. The lowest BCUT2D eigenvalue weighted by Gasteiger charge is -2.12. The summed E-state index contributed by atoms with van der Waals surface area (Å²) in [5.74, 6) is 0.478. The molecule has 1 heterocycles. The monoisotopic (exact) mass is 438 g/mol. The molecule has 3 rings (SSSR count). The molecule has 3 aromatic rings. The molecule has 0 aliphatic rings. The van der Waals surface area contributed by atoms with Crippen molar-refractivity contribution in [3.63, 3.8) is 0 Å². The molecule has 0 unspecified atom stereocenters. The first kappa shape index (κ1) is 21.8. The maximum absolute atomic E-state index is 9.71. The van der Waals surface area contributed by atoms with Crippen LogP contribution >= 0.6 is 23.1 Å². The quantitative estimate of drug-likeness (QED) is 0.302. The van der Waals surface area contributed by atoms with E-state index in [-0.39, 0.29) is 0 Å². The van der Waals surface area contributed by atoms with E-state index in [0.717, 1.165) is 46.9 Å². The first-order chi connectivity index (χ1) is 14.4. The van der Waals surface area contributed by atoms with E-state index in [0.29, 0.717) is 27.1 Å². The molecule has 0 spiro atoms. The van der Waals surface area contributed by atoms with Gasteiger partial charge in [0.1, 0.15) is 23.1 Å². The van der Waals surface area contributed by atoms with Crippen molar-refractivity contribution in [1.82, 2.24) is 9.27 Å². The Morgan fingerprint density at radius 1 is 1.30 bits per heavy atom. The number of rotatable bonds is 7. The number of nitriles is 1. The van der Waals surface area contributed by atoms with E-state index in [1.54, 1.807) is 12.4 Å². The van der Waals surface area contributed by atoms with Crippen LogP contribution in [0.3, 0.4) is 0 Å². The minimum absolute atomic E-state index is 0.405. The number of hydrogen-bond donors (Lipinski definition) is 0. The molecule has 0 aliphatic carbocycles. The summed E-state index contributed by atoms with van der Waals surface area (Å²) < 4.78 is 10.5. The van der Waals surface area contributed by atoms with E-state index >= 15 is 0 Å². The minimum Gasteiger partial charge on any atom is -0.442 e. The standard InChI is InChI=1S/C23H23ClN4OS/c1-5-9-28(4)14-26-20-12-19(24)21(11-16(20)3)29-23-18(13-25)22(27-30-23)17-8-6-7-15(2)10-17/h6-8,10-12,14H,5,9H2,1-4H3. The molecule has 0 radical (unpaired) electrons. The maximum Gasteiger partial charge on any atom is 0.218 e.